The summed E-state index contributed by atoms with van der Waals surface area (Å²) in [5.41, 5.74) is 6.62. The van der Waals surface area contributed by atoms with E-state index in [1.54, 1.807) is 11.1 Å². The van der Waals surface area contributed by atoms with Gasteiger partial charge in [-0.05, 0) is 26.0 Å². The van der Waals surface area contributed by atoms with Crippen LogP contribution < -0.4 is 15.5 Å². The Morgan fingerprint density at radius 1 is 1.44 bits per heavy atom. The zero-order valence-corrected chi connectivity index (χ0v) is 11.0. The molecule has 1 unspecified atom stereocenters. The van der Waals surface area contributed by atoms with Gasteiger partial charge in [-0.2, -0.15) is 0 Å². The zero-order valence-electron chi connectivity index (χ0n) is 11.0. The van der Waals surface area contributed by atoms with E-state index in [1.807, 2.05) is 12.1 Å². The molecule has 1 aromatic rings. The van der Waals surface area contributed by atoms with Gasteiger partial charge in [0.05, 0.1) is 11.9 Å². The van der Waals surface area contributed by atoms with Crippen LogP contribution in [0.1, 0.15) is 20.3 Å². The topological polar surface area (TPSA) is 62.5 Å². The van der Waals surface area contributed by atoms with Crippen LogP contribution in [0, 0.1) is 0 Å². The van der Waals surface area contributed by atoms with Gasteiger partial charge in [0.1, 0.15) is 5.82 Å². The summed E-state index contributed by atoms with van der Waals surface area (Å²) in [5, 5.41) is 0. The molecule has 5 nitrogen and oxygen atoms in total. The van der Waals surface area contributed by atoms with Gasteiger partial charge in [0.15, 0.2) is 0 Å². The van der Waals surface area contributed by atoms with E-state index in [-0.39, 0.29) is 11.9 Å². The molecule has 1 aromatic heterocycles. The van der Waals surface area contributed by atoms with Crippen molar-refractivity contribution < 1.29 is 4.79 Å². The van der Waals surface area contributed by atoms with E-state index < -0.39 is 0 Å². The third-order valence-corrected chi connectivity index (χ3v) is 3.29. The van der Waals surface area contributed by atoms with Crippen LogP contribution in [0.15, 0.2) is 18.3 Å². The molecular weight excluding hydrogens is 228 g/mol. The molecule has 1 atom stereocenters. The first-order valence-corrected chi connectivity index (χ1v) is 6.42. The van der Waals surface area contributed by atoms with E-state index >= 15 is 0 Å². The van der Waals surface area contributed by atoms with Crippen molar-refractivity contribution >= 4 is 17.4 Å². The SMILES string of the molecule is CCN(CC)c1ccc(N2CC(N)CC2=O)cn1. The van der Waals surface area contributed by atoms with E-state index in [2.05, 4.69) is 23.7 Å². The minimum absolute atomic E-state index is 0.0556. The molecule has 1 saturated heterocycles. The molecule has 0 aliphatic carbocycles. The van der Waals surface area contributed by atoms with Crippen LogP contribution in [0.2, 0.25) is 0 Å². The Morgan fingerprint density at radius 2 is 2.17 bits per heavy atom. The van der Waals surface area contributed by atoms with Crippen LogP contribution in [0.4, 0.5) is 11.5 Å². The summed E-state index contributed by atoms with van der Waals surface area (Å²) in [6.07, 6.45) is 2.18. The minimum atomic E-state index is -0.0556. The quantitative estimate of drug-likeness (QED) is 0.863. The van der Waals surface area contributed by atoms with Crippen molar-refractivity contribution in [1.82, 2.24) is 4.98 Å². The number of amides is 1. The largest absolute Gasteiger partial charge is 0.357 e. The summed E-state index contributed by atoms with van der Waals surface area (Å²) in [7, 11) is 0. The molecule has 1 fully saturated rings. The van der Waals surface area contributed by atoms with Crippen molar-refractivity contribution in [3.63, 3.8) is 0 Å². The van der Waals surface area contributed by atoms with E-state index in [4.69, 9.17) is 5.73 Å². The lowest BCUT2D eigenvalue weighted by atomic mass is 10.3. The molecule has 0 spiro atoms. The van der Waals surface area contributed by atoms with Gasteiger partial charge in [-0.25, -0.2) is 4.98 Å². The van der Waals surface area contributed by atoms with Crippen LogP contribution in [0.25, 0.3) is 0 Å². The van der Waals surface area contributed by atoms with E-state index in [9.17, 15) is 4.79 Å². The summed E-state index contributed by atoms with van der Waals surface area (Å²) in [4.78, 5) is 20.0. The summed E-state index contributed by atoms with van der Waals surface area (Å²) in [5.74, 6) is 1.03. The molecule has 1 aliphatic rings. The maximum absolute atomic E-state index is 11.7. The van der Waals surface area contributed by atoms with Crippen molar-refractivity contribution in [1.29, 1.82) is 0 Å². The monoisotopic (exact) mass is 248 g/mol. The zero-order chi connectivity index (χ0) is 13.1. The van der Waals surface area contributed by atoms with E-state index in [0.717, 1.165) is 24.6 Å². The molecule has 5 heteroatoms. The molecule has 0 radical (unpaired) electrons. The second-order valence-corrected chi connectivity index (χ2v) is 4.52. The molecule has 2 N–H and O–H groups in total. The average Bonchev–Trinajstić information content (AvgIpc) is 2.71. The number of pyridine rings is 1. The second-order valence-electron chi connectivity index (χ2n) is 4.52. The summed E-state index contributed by atoms with van der Waals surface area (Å²) < 4.78 is 0. The predicted molar refractivity (Wildman–Crippen MR) is 72.7 cm³/mol. The van der Waals surface area contributed by atoms with Crippen molar-refractivity contribution in [2.75, 3.05) is 29.4 Å². The van der Waals surface area contributed by atoms with Gasteiger partial charge < -0.3 is 15.5 Å². The maximum atomic E-state index is 11.7. The molecule has 1 amide bonds. The van der Waals surface area contributed by atoms with Gasteiger partial charge in [0.2, 0.25) is 5.91 Å². The Hall–Kier alpha value is -1.62. The third-order valence-electron chi connectivity index (χ3n) is 3.29. The molecular formula is C13H20N4O. The molecule has 98 valence electrons. The highest BCUT2D eigenvalue weighted by Crippen LogP contribution is 2.22. The number of nitrogens with two attached hydrogens (primary N) is 1. The van der Waals surface area contributed by atoms with Gasteiger partial charge in [0.25, 0.3) is 0 Å². The lowest BCUT2D eigenvalue weighted by Crippen LogP contribution is -2.28. The summed E-state index contributed by atoms with van der Waals surface area (Å²) in [6.45, 7) is 6.64. The number of rotatable bonds is 4. The number of aromatic nitrogens is 1. The number of hydrogen-bond acceptors (Lipinski definition) is 4. The average molecular weight is 248 g/mol. The fourth-order valence-electron chi connectivity index (χ4n) is 2.26. The molecule has 18 heavy (non-hydrogen) atoms. The highest BCUT2D eigenvalue weighted by molar-refractivity contribution is 5.96. The van der Waals surface area contributed by atoms with Crippen molar-refractivity contribution in [2.45, 2.75) is 26.3 Å². The third kappa shape index (κ3) is 2.46. The summed E-state index contributed by atoms with van der Waals surface area (Å²) >= 11 is 0. The standard InChI is InChI=1S/C13H20N4O/c1-3-16(4-2)12-6-5-11(8-15-12)17-9-10(14)7-13(17)18/h5-6,8,10H,3-4,7,9,14H2,1-2H3. The van der Waals surface area contributed by atoms with Gasteiger partial charge in [-0.3, -0.25) is 4.79 Å². The van der Waals surface area contributed by atoms with Crippen LogP contribution in [-0.4, -0.2) is 36.6 Å². The Bertz CT molecular complexity index is 414. The Balaban J connectivity index is 2.15. The van der Waals surface area contributed by atoms with Gasteiger partial charge in [0, 0.05) is 32.1 Å². The lowest BCUT2D eigenvalue weighted by molar-refractivity contribution is -0.117. The number of anilines is 2. The van der Waals surface area contributed by atoms with Gasteiger partial charge >= 0.3 is 0 Å². The highest BCUT2D eigenvalue weighted by Gasteiger charge is 2.28. The second kappa shape index (κ2) is 5.35. The van der Waals surface area contributed by atoms with Crippen LogP contribution in [0.5, 0.6) is 0 Å². The van der Waals surface area contributed by atoms with Gasteiger partial charge in [-0.1, -0.05) is 0 Å². The van der Waals surface area contributed by atoms with Crippen LogP contribution in [0.3, 0.4) is 0 Å². The van der Waals surface area contributed by atoms with Crippen molar-refractivity contribution in [3.8, 4) is 0 Å². The van der Waals surface area contributed by atoms with Crippen LogP contribution in [-0.2, 0) is 4.79 Å². The van der Waals surface area contributed by atoms with E-state index in [1.165, 1.54) is 0 Å². The first-order valence-electron chi connectivity index (χ1n) is 6.42. The number of hydrogen-bond donors (Lipinski definition) is 1. The fourth-order valence-corrected chi connectivity index (χ4v) is 2.26. The number of carbonyl (C=O) groups is 1. The predicted octanol–water partition coefficient (Wildman–Crippen LogP) is 0.992. The first-order chi connectivity index (χ1) is 8.65. The molecule has 0 aromatic carbocycles. The molecule has 2 heterocycles. The molecule has 0 bridgehead atoms. The Kier molecular flexibility index (Phi) is 3.81. The van der Waals surface area contributed by atoms with Crippen molar-refractivity contribution in [2.24, 2.45) is 5.73 Å². The maximum Gasteiger partial charge on any atom is 0.228 e. The number of carbonyl (C=O) groups excluding carboxylic acids is 1. The minimum Gasteiger partial charge on any atom is -0.357 e. The smallest absolute Gasteiger partial charge is 0.228 e. The summed E-state index contributed by atoms with van der Waals surface area (Å²) in [6, 6.07) is 3.84. The molecule has 1 aliphatic heterocycles. The van der Waals surface area contributed by atoms with Crippen molar-refractivity contribution in [3.05, 3.63) is 18.3 Å². The Labute approximate surface area is 108 Å². The first kappa shape index (κ1) is 12.8. The lowest BCUT2D eigenvalue weighted by Gasteiger charge is -2.21. The van der Waals surface area contributed by atoms with Crippen LogP contribution >= 0.6 is 0 Å². The fraction of sp³-hybridized carbons (Fsp3) is 0.538. The normalized spacial score (nSPS) is 19.4. The number of nitrogens with zero attached hydrogens (tertiary/aromatic N) is 3. The molecule has 0 saturated carbocycles. The van der Waals surface area contributed by atoms with Gasteiger partial charge in [-0.15, -0.1) is 0 Å². The highest BCUT2D eigenvalue weighted by atomic mass is 16.2. The van der Waals surface area contributed by atoms with E-state index in [0.29, 0.717) is 13.0 Å². The molecule has 2 rings (SSSR count). The Morgan fingerprint density at radius 3 is 2.61 bits per heavy atom.